The van der Waals surface area contributed by atoms with Gasteiger partial charge in [-0.2, -0.15) is 5.26 Å². The lowest BCUT2D eigenvalue weighted by molar-refractivity contribution is -0.134. The second kappa shape index (κ2) is 11.1. The van der Waals surface area contributed by atoms with Crippen molar-refractivity contribution in [1.29, 1.82) is 5.26 Å². The quantitative estimate of drug-likeness (QED) is 0.551. The summed E-state index contributed by atoms with van der Waals surface area (Å²) in [6.07, 6.45) is 4.65. The van der Waals surface area contributed by atoms with Gasteiger partial charge in [-0.25, -0.2) is 4.98 Å². The third kappa shape index (κ3) is 5.12. The van der Waals surface area contributed by atoms with Crippen LogP contribution in [0.5, 0.6) is 0 Å². The van der Waals surface area contributed by atoms with Crippen LogP contribution in [-0.2, 0) is 9.53 Å². The first-order valence-corrected chi connectivity index (χ1v) is 13.8. The maximum atomic E-state index is 13.1. The van der Waals surface area contributed by atoms with E-state index >= 15 is 0 Å². The number of nitrogens with zero attached hydrogens (tertiary/aromatic N) is 5. The first-order chi connectivity index (χ1) is 18.4. The van der Waals surface area contributed by atoms with Gasteiger partial charge in [-0.1, -0.05) is 12.1 Å². The number of hydrogen-bond donors (Lipinski definition) is 0. The van der Waals surface area contributed by atoms with Crippen LogP contribution in [0.25, 0.3) is 11.1 Å². The SMILES string of the molecule is COCCC(=O)N1CCN(c2nc(C3CC3)c(-c3cccc(C(=O)N4CCCC4)c3)c(C)c2C#N)C[C@H]1C. The van der Waals surface area contributed by atoms with Crippen LogP contribution in [0, 0.1) is 18.3 Å². The Kier molecular flexibility index (Phi) is 7.66. The molecular weight excluding hydrogens is 478 g/mol. The van der Waals surface area contributed by atoms with E-state index in [9.17, 15) is 14.9 Å². The van der Waals surface area contributed by atoms with Crippen LogP contribution in [0.3, 0.4) is 0 Å². The molecule has 0 unspecified atom stereocenters. The lowest BCUT2D eigenvalue weighted by Gasteiger charge is -2.41. The molecule has 1 aromatic carbocycles. The fourth-order valence-electron chi connectivity index (χ4n) is 5.85. The van der Waals surface area contributed by atoms with Crippen molar-refractivity contribution in [3.05, 3.63) is 46.6 Å². The number of amides is 2. The van der Waals surface area contributed by atoms with Gasteiger partial charge in [0.25, 0.3) is 5.91 Å². The highest BCUT2D eigenvalue weighted by molar-refractivity contribution is 5.96. The van der Waals surface area contributed by atoms with Crippen LogP contribution in [0.15, 0.2) is 24.3 Å². The number of piperazine rings is 1. The van der Waals surface area contributed by atoms with Gasteiger partial charge in [-0.3, -0.25) is 9.59 Å². The number of carbonyl (C=O) groups is 2. The highest BCUT2D eigenvalue weighted by Gasteiger charge is 2.34. The molecule has 8 heteroatoms. The zero-order valence-corrected chi connectivity index (χ0v) is 22.7. The molecule has 0 bridgehead atoms. The van der Waals surface area contributed by atoms with Crippen LogP contribution in [0.1, 0.15) is 72.1 Å². The number of methoxy groups -OCH3 is 1. The maximum Gasteiger partial charge on any atom is 0.253 e. The van der Waals surface area contributed by atoms with E-state index in [1.807, 2.05) is 41.0 Å². The maximum absolute atomic E-state index is 13.1. The lowest BCUT2D eigenvalue weighted by atomic mass is 9.92. The molecule has 3 aliphatic rings. The molecule has 2 aromatic rings. The Bertz CT molecular complexity index is 1260. The van der Waals surface area contributed by atoms with Crippen LogP contribution >= 0.6 is 0 Å². The topological polar surface area (TPSA) is 89.8 Å². The fraction of sp³-hybridized carbons (Fsp3) is 0.533. The molecule has 5 rings (SSSR count). The lowest BCUT2D eigenvalue weighted by Crippen LogP contribution is -2.54. The van der Waals surface area contributed by atoms with Gasteiger partial charge in [-0.05, 0) is 62.8 Å². The molecule has 3 heterocycles. The normalized spacial score (nSPS) is 19.5. The summed E-state index contributed by atoms with van der Waals surface area (Å²) >= 11 is 0. The molecule has 0 spiro atoms. The van der Waals surface area contributed by atoms with Crippen molar-refractivity contribution in [2.75, 3.05) is 51.3 Å². The van der Waals surface area contributed by atoms with Crippen LogP contribution in [0.2, 0.25) is 0 Å². The minimum atomic E-state index is 0.0130. The van der Waals surface area contributed by atoms with E-state index in [0.29, 0.717) is 49.7 Å². The number of pyridine rings is 1. The predicted molar refractivity (Wildman–Crippen MR) is 146 cm³/mol. The number of hydrogen-bond acceptors (Lipinski definition) is 6. The molecule has 1 aromatic heterocycles. The highest BCUT2D eigenvalue weighted by atomic mass is 16.5. The van der Waals surface area contributed by atoms with E-state index in [1.165, 1.54) is 0 Å². The van der Waals surface area contributed by atoms with Crippen molar-refractivity contribution in [3.8, 4) is 17.2 Å². The summed E-state index contributed by atoms with van der Waals surface area (Å²) in [7, 11) is 1.61. The minimum Gasteiger partial charge on any atom is -0.384 e. The fourth-order valence-corrected chi connectivity index (χ4v) is 5.85. The Morgan fingerprint density at radius 1 is 1.16 bits per heavy atom. The van der Waals surface area contributed by atoms with Gasteiger partial charge in [0.05, 0.1) is 24.3 Å². The summed E-state index contributed by atoms with van der Waals surface area (Å²) in [6.45, 7) is 7.96. The van der Waals surface area contributed by atoms with E-state index < -0.39 is 0 Å². The highest BCUT2D eigenvalue weighted by Crippen LogP contribution is 2.46. The largest absolute Gasteiger partial charge is 0.384 e. The smallest absolute Gasteiger partial charge is 0.253 e. The van der Waals surface area contributed by atoms with Gasteiger partial charge in [0.2, 0.25) is 5.91 Å². The number of aromatic nitrogens is 1. The Hall–Kier alpha value is -3.44. The van der Waals surface area contributed by atoms with Crippen LogP contribution < -0.4 is 4.90 Å². The number of ether oxygens (including phenoxy) is 1. The molecule has 2 amide bonds. The number of nitriles is 1. The summed E-state index contributed by atoms with van der Waals surface area (Å²) < 4.78 is 5.08. The number of anilines is 1. The molecule has 1 atom stereocenters. The van der Waals surface area contributed by atoms with Gasteiger partial charge < -0.3 is 19.4 Å². The van der Waals surface area contributed by atoms with Crippen molar-refractivity contribution in [2.24, 2.45) is 0 Å². The number of carbonyl (C=O) groups excluding carboxylic acids is 2. The van der Waals surface area contributed by atoms with Gasteiger partial charge in [0.1, 0.15) is 11.9 Å². The summed E-state index contributed by atoms with van der Waals surface area (Å²) in [4.78, 5) is 36.9. The Morgan fingerprint density at radius 2 is 1.92 bits per heavy atom. The number of benzene rings is 1. The standard InChI is InChI=1S/C30H37N5O3/c1-20-19-34(14-15-35(20)26(36)11-16-38-3)29-25(18-31)21(2)27(28(32-29)22-9-10-22)23-7-6-8-24(17-23)30(37)33-12-4-5-13-33/h6-8,17,20,22H,4-5,9-16,19H2,1-3H3/t20-/m1/s1. The van der Waals surface area contributed by atoms with E-state index in [1.54, 1.807) is 7.11 Å². The second-order valence-corrected chi connectivity index (χ2v) is 10.8. The molecule has 200 valence electrons. The summed E-state index contributed by atoms with van der Waals surface area (Å²) in [5, 5.41) is 10.3. The van der Waals surface area contributed by atoms with Crippen molar-refractivity contribution in [2.45, 2.75) is 57.9 Å². The van der Waals surface area contributed by atoms with E-state index in [-0.39, 0.29) is 17.9 Å². The molecule has 1 saturated carbocycles. The predicted octanol–water partition coefficient (Wildman–Crippen LogP) is 4.12. The molecule has 2 aliphatic heterocycles. The van der Waals surface area contributed by atoms with Gasteiger partial charge in [0.15, 0.2) is 0 Å². The van der Waals surface area contributed by atoms with E-state index in [2.05, 4.69) is 17.9 Å². The van der Waals surface area contributed by atoms with Gasteiger partial charge in [-0.15, -0.1) is 0 Å². The van der Waals surface area contributed by atoms with Crippen molar-refractivity contribution in [1.82, 2.24) is 14.8 Å². The van der Waals surface area contributed by atoms with E-state index in [4.69, 9.17) is 9.72 Å². The van der Waals surface area contributed by atoms with Crippen LogP contribution in [-0.4, -0.2) is 79.1 Å². The first-order valence-electron chi connectivity index (χ1n) is 13.8. The summed E-state index contributed by atoms with van der Waals surface area (Å²) in [5.74, 6) is 1.26. The average molecular weight is 516 g/mol. The van der Waals surface area contributed by atoms with E-state index in [0.717, 1.165) is 67.0 Å². The average Bonchev–Trinajstić information content (AvgIpc) is 3.63. The third-order valence-corrected chi connectivity index (χ3v) is 8.09. The molecule has 0 radical (unpaired) electrons. The molecule has 8 nitrogen and oxygen atoms in total. The first kappa shape index (κ1) is 26.2. The number of likely N-dealkylation sites (tertiary alicyclic amines) is 1. The Balaban J connectivity index is 1.48. The molecule has 38 heavy (non-hydrogen) atoms. The molecular formula is C30H37N5O3. The molecule has 0 N–H and O–H groups in total. The van der Waals surface area contributed by atoms with Gasteiger partial charge in [0, 0.05) is 62.9 Å². The Morgan fingerprint density at radius 3 is 2.58 bits per heavy atom. The third-order valence-electron chi connectivity index (χ3n) is 8.09. The number of rotatable bonds is 7. The van der Waals surface area contributed by atoms with Gasteiger partial charge >= 0.3 is 0 Å². The molecule has 3 fully saturated rings. The minimum absolute atomic E-state index is 0.0130. The van der Waals surface area contributed by atoms with Crippen molar-refractivity contribution in [3.63, 3.8) is 0 Å². The van der Waals surface area contributed by atoms with Crippen molar-refractivity contribution < 1.29 is 14.3 Å². The molecule has 1 aliphatic carbocycles. The Labute approximate surface area is 225 Å². The molecule has 2 saturated heterocycles. The summed E-state index contributed by atoms with van der Waals surface area (Å²) in [5.41, 5.74) is 5.14. The zero-order valence-electron chi connectivity index (χ0n) is 22.7. The summed E-state index contributed by atoms with van der Waals surface area (Å²) in [6, 6.07) is 10.3. The monoisotopic (exact) mass is 515 g/mol. The zero-order chi connectivity index (χ0) is 26.8. The van der Waals surface area contributed by atoms with Crippen molar-refractivity contribution >= 4 is 17.6 Å². The van der Waals surface area contributed by atoms with Crippen LogP contribution in [0.4, 0.5) is 5.82 Å². The second-order valence-electron chi connectivity index (χ2n) is 10.8.